The first-order chi connectivity index (χ1) is 14.1. The molecule has 1 atom stereocenters. The number of ether oxygens (including phenoxy) is 1. The van der Waals surface area contributed by atoms with Gasteiger partial charge in [-0.3, -0.25) is 9.59 Å². The first kappa shape index (κ1) is 18.4. The minimum absolute atomic E-state index is 0.218. The summed E-state index contributed by atoms with van der Waals surface area (Å²) in [4.78, 5) is 24.7. The van der Waals surface area contributed by atoms with Gasteiger partial charge in [-0.1, -0.05) is 48.5 Å². The molecule has 4 aromatic rings. The van der Waals surface area contributed by atoms with Gasteiger partial charge >= 0.3 is 0 Å². The Balaban J connectivity index is 1.45. The topological polar surface area (TPSA) is 80.9 Å². The van der Waals surface area contributed by atoms with Crippen molar-refractivity contribution in [2.24, 2.45) is 5.10 Å². The molecule has 1 N–H and O–H groups in total. The van der Waals surface area contributed by atoms with Gasteiger partial charge in [0.25, 0.3) is 5.91 Å². The normalized spacial score (nSPS) is 12.3. The second-order valence-corrected chi connectivity index (χ2v) is 6.49. The molecule has 0 unspecified atom stereocenters. The van der Waals surface area contributed by atoms with Gasteiger partial charge in [-0.05, 0) is 30.5 Å². The number of para-hydroxylation sites is 1. The smallest absolute Gasteiger partial charge is 0.280 e. The summed E-state index contributed by atoms with van der Waals surface area (Å²) in [7, 11) is 0. The summed E-state index contributed by atoms with van der Waals surface area (Å²) in [5.41, 5.74) is 2.92. The van der Waals surface area contributed by atoms with Crippen molar-refractivity contribution < 1.29 is 13.9 Å². The number of nitrogens with one attached hydrogen (secondary N) is 1. The molecule has 0 saturated heterocycles. The molecule has 3 aromatic carbocycles. The van der Waals surface area contributed by atoms with Crippen molar-refractivity contribution in [1.29, 1.82) is 0 Å². The highest BCUT2D eigenvalue weighted by Gasteiger charge is 2.15. The van der Waals surface area contributed by atoms with Gasteiger partial charge < -0.3 is 9.15 Å². The van der Waals surface area contributed by atoms with E-state index in [9.17, 15) is 9.59 Å². The first-order valence-corrected chi connectivity index (χ1v) is 9.11. The number of benzene rings is 3. The Labute approximate surface area is 166 Å². The van der Waals surface area contributed by atoms with Gasteiger partial charge in [-0.15, -0.1) is 0 Å². The van der Waals surface area contributed by atoms with Crippen LogP contribution in [0.25, 0.3) is 21.7 Å². The third-order valence-electron chi connectivity index (χ3n) is 4.51. The lowest BCUT2D eigenvalue weighted by Gasteiger charge is -2.14. The maximum Gasteiger partial charge on any atom is 0.280 e. The zero-order valence-corrected chi connectivity index (χ0v) is 15.7. The average Bonchev–Trinajstić information content (AvgIpc) is 2.75. The van der Waals surface area contributed by atoms with Crippen molar-refractivity contribution in [2.75, 3.05) is 0 Å². The summed E-state index contributed by atoms with van der Waals surface area (Å²) < 4.78 is 11.2. The van der Waals surface area contributed by atoms with Gasteiger partial charge in [0.15, 0.2) is 6.10 Å². The molecule has 144 valence electrons. The van der Waals surface area contributed by atoms with E-state index in [0.717, 1.165) is 10.8 Å². The van der Waals surface area contributed by atoms with E-state index in [1.807, 2.05) is 42.5 Å². The van der Waals surface area contributed by atoms with E-state index in [1.54, 1.807) is 31.2 Å². The Morgan fingerprint density at radius 1 is 1.03 bits per heavy atom. The van der Waals surface area contributed by atoms with E-state index in [2.05, 4.69) is 10.5 Å². The predicted octanol–water partition coefficient (Wildman–Crippen LogP) is 3.86. The largest absolute Gasteiger partial charge is 0.480 e. The lowest BCUT2D eigenvalue weighted by atomic mass is 10.1. The highest BCUT2D eigenvalue weighted by atomic mass is 16.5. The lowest BCUT2D eigenvalue weighted by molar-refractivity contribution is -0.127. The van der Waals surface area contributed by atoms with Crippen molar-refractivity contribution in [3.63, 3.8) is 0 Å². The number of carbonyl (C=O) groups is 1. The van der Waals surface area contributed by atoms with E-state index in [4.69, 9.17) is 9.15 Å². The number of amides is 1. The molecular weight excluding hydrogens is 368 g/mol. The van der Waals surface area contributed by atoms with Crippen molar-refractivity contribution in [3.8, 4) is 5.75 Å². The fraction of sp³-hybridized carbons (Fsp3) is 0.0870. The quantitative estimate of drug-likeness (QED) is 0.417. The van der Waals surface area contributed by atoms with Crippen molar-refractivity contribution in [2.45, 2.75) is 13.0 Å². The highest BCUT2D eigenvalue weighted by molar-refractivity contribution is 5.90. The summed E-state index contributed by atoms with van der Waals surface area (Å²) >= 11 is 0. The van der Waals surface area contributed by atoms with Crippen LogP contribution in [-0.2, 0) is 4.79 Å². The van der Waals surface area contributed by atoms with Crippen LogP contribution in [0.1, 0.15) is 12.5 Å². The van der Waals surface area contributed by atoms with Crippen LogP contribution in [0.5, 0.6) is 5.75 Å². The van der Waals surface area contributed by atoms with Crippen molar-refractivity contribution in [1.82, 2.24) is 5.43 Å². The summed E-state index contributed by atoms with van der Waals surface area (Å²) in [6.45, 7) is 1.64. The summed E-state index contributed by atoms with van der Waals surface area (Å²) in [5.74, 6) is 0.185. The van der Waals surface area contributed by atoms with E-state index in [-0.39, 0.29) is 11.0 Å². The lowest BCUT2D eigenvalue weighted by Crippen LogP contribution is -2.33. The minimum atomic E-state index is -0.772. The maximum atomic E-state index is 12.4. The second kappa shape index (κ2) is 7.98. The predicted molar refractivity (Wildman–Crippen MR) is 112 cm³/mol. The van der Waals surface area contributed by atoms with Crippen LogP contribution < -0.4 is 15.6 Å². The molecule has 0 radical (unpaired) electrons. The van der Waals surface area contributed by atoms with Crippen LogP contribution in [0.3, 0.4) is 0 Å². The number of fused-ring (bicyclic) bond motifs is 2. The average molecular weight is 386 g/mol. The number of rotatable bonds is 5. The van der Waals surface area contributed by atoms with Gasteiger partial charge in [0.2, 0.25) is 5.43 Å². The Morgan fingerprint density at radius 3 is 2.62 bits per heavy atom. The molecule has 6 nitrogen and oxygen atoms in total. The Hall–Kier alpha value is -3.93. The number of hydrogen-bond acceptors (Lipinski definition) is 5. The van der Waals surface area contributed by atoms with Crippen molar-refractivity contribution in [3.05, 3.63) is 88.8 Å². The fourth-order valence-corrected chi connectivity index (χ4v) is 2.98. The molecule has 0 fully saturated rings. The van der Waals surface area contributed by atoms with Crippen LogP contribution in [0, 0.1) is 0 Å². The third kappa shape index (κ3) is 3.87. The SMILES string of the molecule is C[C@@H](Oc1cccc2ccccc12)C(=O)N/N=C\c1coc2ccccc2c1=O. The minimum Gasteiger partial charge on any atom is -0.480 e. The van der Waals surface area contributed by atoms with Crippen LogP contribution in [0.2, 0.25) is 0 Å². The number of carbonyl (C=O) groups excluding carboxylic acids is 1. The maximum absolute atomic E-state index is 12.4. The van der Waals surface area contributed by atoms with E-state index in [0.29, 0.717) is 16.7 Å². The van der Waals surface area contributed by atoms with Crippen molar-refractivity contribution >= 4 is 33.9 Å². The van der Waals surface area contributed by atoms with E-state index in [1.165, 1.54) is 12.5 Å². The Bertz CT molecular complexity index is 1270. The van der Waals surface area contributed by atoms with E-state index >= 15 is 0 Å². The Kier molecular flexibility index (Phi) is 5.07. The standard InChI is InChI=1S/C23H18N2O4/c1-15(29-21-12-6-8-16-7-2-3-9-18(16)21)23(27)25-24-13-17-14-28-20-11-5-4-10-19(20)22(17)26/h2-15H,1H3,(H,25,27)/b24-13-/t15-/m1/s1. The first-order valence-electron chi connectivity index (χ1n) is 9.11. The summed E-state index contributed by atoms with van der Waals surface area (Å²) in [5, 5.41) is 6.27. The number of hydrazone groups is 1. The monoisotopic (exact) mass is 386 g/mol. The summed E-state index contributed by atoms with van der Waals surface area (Å²) in [6.07, 6.45) is 1.81. The fourth-order valence-electron chi connectivity index (χ4n) is 2.98. The molecule has 1 heterocycles. The van der Waals surface area contributed by atoms with Gasteiger partial charge in [0, 0.05) is 5.39 Å². The molecule has 0 saturated carbocycles. The van der Waals surface area contributed by atoms with Crippen LogP contribution in [0.15, 0.2) is 87.3 Å². The Morgan fingerprint density at radius 2 is 1.76 bits per heavy atom. The molecule has 0 spiro atoms. The molecule has 0 aliphatic rings. The van der Waals surface area contributed by atoms with Gasteiger partial charge in [-0.2, -0.15) is 5.10 Å². The molecule has 1 aromatic heterocycles. The van der Waals surface area contributed by atoms with Crippen LogP contribution in [0.4, 0.5) is 0 Å². The number of nitrogens with zero attached hydrogens (tertiary/aromatic N) is 1. The van der Waals surface area contributed by atoms with Crippen LogP contribution in [-0.4, -0.2) is 18.2 Å². The zero-order valence-electron chi connectivity index (χ0n) is 15.7. The zero-order chi connectivity index (χ0) is 20.2. The number of hydrogen-bond donors (Lipinski definition) is 1. The third-order valence-corrected chi connectivity index (χ3v) is 4.51. The van der Waals surface area contributed by atoms with Gasteiger partial charge in [-0.25, -0.2) is 5.43 Å². The molecule has 29 heavy (non-hydrogen) atoms. The van der Waals surface area contributed by atoms with Gasteiger partial charge in [0.1, 0.15) is 17.6 Å². The van der Waals surface area contributed by atoms with E-state index < -0.39 is 12.0 Å². The molecular formula is C23H18N2O4. The van der Waals surface area contributed by atoms with Gasteiger partial charge in [0.05, 0.1) is 17.2 Å². The highest BCUT2D eigenvalue weighted by Crippen LogP contribution is 2.26. The molecule has 0 aliphatic carbocycles. The summed E-state index contributed by atoms with van der Waals surface area (Å²) in [6, 6.07) is 20.4. The molecule has 1 amide bonds. The molecule has 0 aliphatic heterocycles. The second-order valence-electron chi connectivity index (χ2n) is 6.49. The molecule has 4 rings (SSSR count). The molecule has 6 heteroatoms. The van der Waals surface area contributed by atoms with Crippen LogP contribution >= 0.6 is 0 Å². The molecule has 0 bridgehead atoms.